The molecule has 8 heteroatoms. The van der Waals surface area contributed by atoms with E-state index in [2.05, 4.69) is 10.3 Å². The van der Waals surface area contributed by atoms with E-state index in [9.17, 15) is 9.59 Å². The zero-order chi connectivity index (χ0) is 24.9. The number of aromatic nitrogens is 1. The number of aryl methyl sites for hydroxylation is 3. The molecule has 0 aliphatic carbocycles. The average molecular weight is 490 g/mol. The SMILES string of the molecule is COc1ccc(C)cc1N(C(=O)c1sc(C)nc1C)[C@H](C(=O)NCc1ccco1)c1ccccc1. The number of anilines is 1. The first-order chi connectivity index (χ1) is 16.9. The molecule has 0 fully saturated rings. The molecule has 1 N–H and O–H groups in total. The standard InChI is InChI=1S/C27H27N3O4S/c1-17-12-13-23(33-4)22(15-17)30(27(32)25-18(2)29-19(3)35-25)24(20-9-6-5-7-10-20)26(31)28-16-21-11-8-14-34-21/h5-15,24H,16H2,1-4H3,(H,28,31)/t24-/m0/s1. The van der Waals surface area contributed by atoms with Crippen LogP contribution in [0.3, 0.4) is 0 Å². The Hall–Kier alpha value is -3.91. The van der Waals surface area contributed by atoms with Gasteiger partial charge in [-0.2, -0.15) is 0 Å². The molecule has 2 amide bonds. The minimum atomic E-state index is -0.962. The summed E-state index contributed by atoms with van der Waals surface area (Å²) >= 11 is 1.31. The number of thiazole rings is 1. The van der Waals surface area contributed by atoms with Gasteiger partial charge in [0.05, 0.1) is 36.3 Å². The van der Waals surface area contributed by atoms with E-state index in [1.165, 1.54) is 16.2 Å². The minimum absolute atomic E-state index is 0.195. The molecule has 0 unspecified atom stereocenters. The van der Waals surface area contributed by atoms with Crippen molar-refractivity contribution in [2.24, 2.45) is 0 Å². The van der Waals surface area contributed by atoms with Crippen LogP contribution in [0.1, 0.15) is 43.3 Å². The number of nitrogens with one attached hydrogen (secondary N) is 1. The van der Waals surface area contributed by atoms with Crippen molar-refractivity contribution in [3.8, 4) is 5.75 Å². The van der Waals surface area contributed by atoms with E-state index in [1.54, 1.807) is 38.5 Å². The van der Waals surface area contributed by atoms with Crippen LogP contribution in [0.15, 0.2) is 71.3 Å². The molecule has 7 nitrogen and oxygen atoms in total. The lowest BCUT2D eigenvalue weighted by molar-refractivity contribution is -0.122. The second-order valence-electron chi connectivity index (χ2n) is 8.11. The number of carbonyl (C=O) groups is 2. The molecule has 0 radical (unpaired) electrons. The van der Waals surface area contributed by atoms with E-state index < -0.39 is 6.04 Å². The molecule has 180 valence electrons. The van der Waals surface area contributed by atoms with Gasteiger partial charge >= 0.3 is 0 Å². The van der Waals surface area contributed by atoms with Crippen LogP contribution in [0.2, 0.25) is 0 Å². The first-order valence-electron chi connectivity index (χ1n) is 11.2. The van der Waals surface area contributed by atoms with Gasteiger partial charge in [0, 0.05) is 0 Å². The Bertz CT molecular complexity index is 1320. The van der Waals surface area contributed by atoms with Crippen molar-refractivity contribution in [1.29, 1.82) is 0 Å². The van der Waals surface area contributed by atoms with Gasteiger partial charge in [-0.25, -0.2) is 4.98 Å². The monoisotopic (exact) mass is 489 g/mol. The van der Waals surface area contributed by atoms with Crippen molar-refractivity contribution in [2.45, 2.75) is 33.4 Å². The molecular formula is C27H27N3O4S. The summed E-state index contributed by atoms with van der Waals surface area (Å²) in [5, 5.41) is 3.71. The third-order valence-corrected chi connectivity index (χ3v) is 6.61. The Kier molecular flexibility index (Phi) is 7.31. The van der Waals surface area contributed by atoms with Gasteiger partial charge in [-0.3, -0.25) is 14.5 Å². The Morgan fingerprint density at radius 2 is 1.86 bits per heavy atom. The normalized spacial score (nSPS) is 11.7. The first-order valence-corrected chi connectivity index (χ1v) is 12.0. The smallest absolute Gasteiger partial charge is 0.271 e. The second kappa shape index (κ2) is 10.6. The van der Waals surface area contributed by atoms with Crippen LogP contribution in [0.4, 0.5) is 5.69 Å². The van der Waals surface area contributed by atoms with Gasteiger partial charge < -0.3 is 14.5 Å². The van der Waals surface area contributed by atoms with Crippen LogP contribution in [-0.2, 0) is 11.3 Å². The van der Waals surface area contributed by atoms with E-state index in [4.69, 9.17) is 9.15 Å². The van der Waals surface area contributed by atoms with Gasteiger partial charge in [-0.1, -0.05) is 36.4 Å². The number of hydrogen-bond acceptors (Lipinski definition) is 6. The number of carbonyl (C=O) groups excluding carboxylic acids is 2. The topological polar surface area (TPSA) is 84.7 Å². The highest BCUT2D eigenvalue weighted by molar-refractivity contribution is 7.13. The van der Waals surface area contributed by atoms with E-state index in [0.717, 1.165) is 10.6 Å². The van der Waals surface area contributed by atoms with Crippen LogP contribution >= 0.6 is 11.3 Å². The fourth-order valence-corrected chi connectivity index (χ4v) is 4.79. The molecule has 2 heterocycles. The lowest BCUT2D eigenvalue weighted by Gasteiger charge is -2.32. The number of hydrogen-bond donors (Lipinski definition) is 1. The summed E-state index contributed by atoms with van der Waals surface area (Å²) < 4.78 is 11.0. The second-order valence-corrected chi connectivity index (χ2v) is 9.31. The van der Waals surface area contributed by atoms with Crippen molar-refractivity contribution in [3.05, 3.63) is 99.4 Å². The molecule has 0 aliphatic rings. The lowest BCUT2D eigenvalue weighted by Crippen LogP contribution is -2.44. The number of nitrogens with zero attached hydrogens (tertiary/aromatic N) is 2. The predicted molar refractivity (Wildman–Crippen MR) is 136 cm³/mol. The number of methoxy groups -OCH3 is 1. The molecule has 4 aromatic rings. The molecule has 0 saturated heterocycles. The summed E-state index contributed by atoms with van der Waals surface area (Å²) in [6.07, 6.45) is 1.55. The average Bonchev–Trinajstić information content (AvgIpc) is 3.50. The quantitative estimate of drug-likeness (QED) is 0.359. The van der Waals surface area contributed by atoms with Crippen molar-refractivity contribution in [3.63, 3.8) is 0 Å². The van der Waals surface area contributed by atoms with Crippen LogP contribution in [0.5, 0.6) is 5.75 Å². The lowest BCUT2D eigenvalue weighted by atomic mass is 10.0. The molecule has 35 heavy (non-hydrogen) atoms. The summed E-state index contributed by atoms with van der Waals surface area (Å²) in [7, 11) is 1.55. The number of amides is 2. The number of benzene rings is 2. The summed E-state index contributed by atoms with van der Waals surface area (Å²) in [6, 6.07) is 17.4. The van der Waals surface area contributed by atoms with Crippen LogP contribution < -0.4 is 15.0 Å². The summed E-state index contributed by atoms with van der Waals surface area (Å²) in [5.41, 5.74) is 2.72. The van der Waals surface area contributed by atoms with Gasteiger partial charge in [0.2, 0.25) is 5.91 Å². The highest BCUT2D eigenvalue weighted by Gasteiger charge is 2.36. The van der Waals surface area contributed by atoms with Crippen LogP contribution in [0, 0.1) is 20.8 Å². The summed E-state index contributed by atoms with van der Waals surface area (Å²) in [6.45, 7) is 5.79. The highest BCUT2D eigenvalue weighted by Crippen LogP contribution is 2.38. The fraction of sp³-hybridized carbons (Fsp3) is 0.222. The molecule has 4 rings (SSSR count). The van der Waals surface area contributed by atoms with Gasteiger partial charge in [-0.05, 0) is 56.2 Å². The molecule has 0 spiro atoms. The molecule has 2 aromatic carbocycles. The molecule has 1 atom stereocenters. The van der Waals surface area contributed by atoms with E-state index in [-0.39, 0.29) is 18.4 Å². The Labute approximate surface area is 208 Å². The van der Waals surface area contributed by atoms with Gasteiger partial charge in [0.15, 0.2) is 0 Å². The molecule has 0 saturated carbocycles. The van der Waals surface area contributed by atoms with E-state index in [1.807, 2.05) is 56.3 Å². The Balaban J connectivity index is 1.87. The fourth-order valence-electron chi connectivity index (χ4n) is 3.93. The first kappa shape index (κ1) is 24.2. The maximum atomic E-state index is 14.2. The van der Waals surface area contributed by atoms with E-state index >= 15 is 0 Å². The van der Waals surface area contributed by atoms with Gasteiger partial charge in [0.25, 0.3) is 5.91 Å². The maximum absolute atomic E-state index is 14.2. The molecule has 2 aromatic heterocycles. The molecule has 0 aliphatic heterocycles. The largest absolute Gasteiger partial charge is 0.495 e. The predicted octanol–water partition coefficient (Wildman–Crippen LogP) is 5.37. The third kappa shape index (κ3) is 5.27. The van der Waals surface area contributed by atoms with Crippen LogP contribution in [0.25, 0.3) is 0 Å². The Morgan fingerprint density at radius 3 is 2.49 bits per heavy atom. The van der Waals surface area contributed by atoms with Crippen LogP contribution in [-0.4, -0.2) is 23.9 Å². The highest BCUT2D eigenvalue weighted by atomic mass is 32.1. The van der Waals surface area contributed by atoms with E-state index in [0.29, 0.717) is 33.3 Å². The minimum Gasteiger partial charge on any atom is -0.495 e. The number of furan rings is 1. The summed E-state index contributed by atoms with van der Waals surface area (Å²) in [5.74, 6) is 0.440. The van der Waals surface area contributed by atoms with Crippen molar-refractivity contribution >= 4 is 28.8 Å². The third-order valence-electron chi connectivity index (χ3n) is 5.55. The molecule has 0 bridgehead atoms. The zero-order valence-corrected chi connectivity index (χ0v) is 20.9. The van der Waals surface area contributed by atoms with Gasteiger partial charge in [0.1, 0.15) is 22.4 Å². The maximum Gasteiger partial charge on any atom is 0.271 e. The molecular weight excluding hydrogens is 462 g/mol. The summed E-state index contributed by atoms with van der Waals surface area (Å²) in [4.78, 5) is 34.4. The number of rotatable bonds is 8. The van der Waals surface area contributed by atoms with Gasteiger partial charge in [-0.15, -0.1) is 11.3 Å². The van der Waals surface area contributed by atoms with Crippen molar-refractivity contribution in [2.75, 3.05) is 12.0 Å². The number of ether oxygens (including phenoxy) is 1. The zero-order valence-electron chi connectivity index (χ0n) is 20.1. The van der Waals surface area contributed by atoms with Crippen molar-refractivity contribution in [1.82, 2.24) is 10.3 Å². The van der Waals surface area contributed by atoms with Crippen molar-refractivity contribution < 1.29 is 18.7 Å². The Morgan fingerprint density at radius 1 is 1.09 bits per heavy atom.